The first-order valence-corrected chi connectivity index (χ1v) is 4.21. The smallest absolute Gasteiger partial charge is 0.323 e. The van der Waals surface area contributed by atoms with Crippen molar-refractivity contribution >= 4 is 11.9 Å². The molecule has 0 aromatic carbocycles. The number of carboxylic acid groups (broad SMARTS) is 1. The molecule has 0 aliphatic heterocycles. The average Bonchev–Trinajstić information content (AvgIpc) is 2.12. The van der Waals surface area contributed by atoms with E-state index in [1.807, 2.05) is 0 Å². The Morgan fingerprint density at radius 1 is 1.57 bits per heavy atom. The van der Waals surface area contributed by atoms with Gasteiger partial charge in [-0.25, -0.2) is 0 Å². The van der Waals surface area contributed by atoms with Gasteiger partial charge in [0.25, 0.3) is 0 Å². The van der Waals surface area contributed by atoms with Crippen LogP contribution in [0.2, 0.25) is 0 Å². The maximum Gasteiger partial charge on any atom is 0.323 e. The lowest BCUT2D eigenvalue weighted by Gasteiger charge is -2.19. The van der Waals surface area contributed by atoms with Gasteiger partial charge in [-0.3, -0.25) is 9.59 Å². The first-order chi connectivity index (χ1) is 6.61. The first kappa shape index (κ1) is 12.6. The van der Waals surface area contributed by atoms with Gasteiger partial charge >= 0.3 is 5.97 Å². The molecule has 0 aromatic heterocycles. The summed E-state index contributed by atoms with van der Waals surface area (Å²) >= 11 is 0. The summed E-state index contributed by atoms with van der Waals surface area (Å²) in [5.74, 6) is -1.28. The Morgan fingerprint density at radius 2 is 2.21 bits per heavy atom. The molecule has 0 aliphatic carbocycles. The van der Waals surface area contributed by atoms with Crippen LogP contribution in [-0.4, -0.2) is 48.7 Å². The van der Waals surface area contributed by atoms with Crippen LogP contribution in [-0.2, 0) is 14.3 Å². The highest BCUT2D eigenvalue weighted by atomic mass is 16.5. The highest BCUT2D eigenvalue weighted by Crippen LogP contribution is 1.95. The summed E-state index contributed by atoms with van der Waals surface area (Å²) in [4.78, 5) is 23.0. The average molecular weight is 201 g/mol. The van der Waals surface area contributed by atoms with Gasteiger partial charge in [0.2, 0.25) is 5.91 Å². The minimum absolute atomic E-state index is 0.150. The minimum atomic E-state index is -1.03. The molecule has 5 nitrogen and oxygen atoms in total. The fourth-order valence-electron chi connectivity index (χ4n) is 0.909. The lowest BCUT2D eigenvalue weighted by molar-refractivity contribution is -0.144. The Hall–Kier alpha value is -1.36. The van der Waals surface area contributed by atoms with Gasteiger partial charge in [0.05, 0.1) is 6.61 Å². The van der Waals surface area contributed by atoms with E-state index in [0.29, 0.717) is 6.61 Å². The number of hydrogen-bond donors (Lipinski definition) is 1. The van der Waals surface area contributed by atoms with Gasteiger partial charge in [0.15, 0.2) is 0 Å². The fraction of sp³-hybridized carbons (Fsp3) is 0.556. The van der Waals surface area contributed by atoms with Crippen molar-refractivity contribution < 1.29 is 19.4 Å². The molecule has 0 atom stereocenters. The zero-order chi connectivity index (χ0) is 11.0. The molecule has 5 heteroatoms. The molecule has 0 aromatic rings. The zero-order valence-corrected chi connectivity index (χ0v) is 8.23. The molecule has 1 amide bonds. The monoisotopic (exact) mass is 201 g/mol. The predicted molar refractivity (Wildman–Crippen MR) is 50.9 cm³/mol. The molecular formula is C9H15NO4. The summed E-state index contributed by atoms with van der Waals surface area (Å²) in [6, 6.07) is 0. The van der Waals surface area contributed by atoms with Gasteiger partial charge in [-0.1, -0.05) is 6.08 Å². The van der Waals surface area contributed by atoms with Gasteiger partial charge in [-0.05, 0) is 0 Å². The van der Waals surface area contributed by atoms with E-state index in [9.17, 15) is 9.59 Å². The van der Waals surface area contributed by atoms with E-state index in [4.69, 9.17) is 9.84 Å². The van der Waals surface area contributed by atoms with Crippen LogP contribution in [0.5, 0.6) is 0 Å². The van der Waals surface area contributed by atoms with Crippen molar-refractivity contribution in [2.24, 2.45) is 0 Å². The maximum absolute atomic E-state index is 11.3. The summed E-state index contributed by atoms with van der Waals surface area (Å²) in [6.07, 6.45) is 1.60. The molecule has 0 saturated heterocycles. The van der Waals surface area contributed by atoms with Crippen LogP contribution in [0.15, 0.2) is 12.7 Å². The molecule has 0 unspecified atom stereocenters. The maximum atomic E-state index is 11.3. The van der Waals surface area contributed by atoms with Crippen LogP contribution in [0.4, 0.5) is 0 Å². The van der Waals surface area contributed by atoms with Crippen molar-refractivity contribution in [1.82, 2.24) is 4.90 Å². The number of ether oxygens (including phenoxy) is 1. The van der Waals surface area contributed by atoms with E-state index < -0.39 is 5.97 Å². The lowest BCUT2D eigenvalue weighted by Crippen LogP contribution is -2.37. The van der Waals surface area contributed by atoms with Gasteiger partial charge in [-0.2, -0.15) is 0 Å². The Bertz CT molecular complexity index is 215. The molecule has 0 spiro atoms. The first-order valence-electron chi connectivity index (χ1n) is 4.21. The molecule has 80 valence electrons. The second-order valence-electron chi connectivity index (χ2n) is 2.69. The van der Waals surface area contributed by atoms with E-state index >= 15 is 0 Å². The van der Waals surface area contributed by atoms with E-state index in [1.54, 1.807) is 0 Å². The van der Waals surface area contributed by atoms with Crippen molar-refractivity contribution in [3.63, 3.8) is 0 Å². The minimum Gasteiger partial charge on any atom is -0.480 e. The molecule has 0 radical (unpaired) electrons. The third-order valence-corrected chi connectivity index (χ3v) is 1.56. The number of aliphatic carboxylic acids is 1. The van der Waals surface area contributed by atoms with Gasteiger partial charge in [0.1, 0.15) is 6.54 Å². The molecule has 1 N–H and O–H groups in total. The topological polar surface area (TPSA) is 66.8 Å². The molecule has 0 fully saturated rings. The van der Waals surface area contributed by atoms with Crippen LogP contribution >= 0.6 is 0 Å². The Kier molecular flexibility index (Phi) is 6.39. The van der Waals surface area contributed by atoms with Gasteiger partial charge < -0.3 is 14.7 Å². The van der Waals surface area contributed by atoms with Crippen LogP contribution < -0.4 is 0 Å². The lowest BCUT2D eigenvalue weighted by atomic mass is 10.3. The van der Waals surface area contributed by atoms with Crippen LogP contribution in [0.3, 0.4) is 0 Å². The molecule has 0 rings (SSSR count). The summed E-state index contributed by atoms with van der Waals surface area (Å²) < 4.78 is 4.77. The van der Waals surface area contributed by atoms with E-state index in [1.165, 1.54) is 18.1 Å². The molecule has 0 bridgehead atoms. The number of amides is 1. The molecule has 0 heterocycles. The number of carbonyl (C=O) groups is 2. The van der Waals surface area contributed by atoms with Crippen molar-refractivity contribution in [3.8, 4) is 0 Å². The predicted octanol–water partition coefficient (Wildman–Crippen LogP) is 0.122. The van der Waals surface area contributed by atoms with Gasteiger partial charge in [-0.15, -0.1) is 6.58 Å². The number of nitrogens with zero attached hydrogens (tertiary/aromatic N) is 1. The summed E-state index contributed by atoms with van der Waals surface area (Å²) in [6.45, 7) is 3.74. The SMILES string of the molecule is C=CCC(=O)N(CCOC)CC(=O)O. The normalized spacial score (nSPS) is 9.50. The Labute approximate surface area is 83.0 Å². The summed E-state index contributed by atoms with van der Waals surface area (Å²) in [5, 5.41) is 8.54. The molecule has 14 heavy (non-hydrogen) atoms. The third kappa shape index (κ3) is 5.31. The third-order valence-electron chi connectivity index (χ3n) is 1.56. The number of hydrogen-bond acceptors (Lipinski definition) is 3. The largest absolute Gasteiger partial charge is 0.480 e. The molecule has 0 saturated carbocycles. The van der Waals surface area contributed by atoms with Crippen LogP contribution in [0, 0.1) is 0 Å². The summed E-state index contributed by atoms with van der Waals surface area (Å²) in [5.41, 5.74) is 0. The second kappa shape index (κ2) is 7.08. The highest BCUT2D eigenvalue weighted by Gasteiger charge is 2.14. The van der Waals surface area contributed by atoms with Crippen LogP contribution in [0.1, 0.15) is 6.42 Å². The zero-order valence-electron chi connectivity index (χ0n) is 8.23. The van der Waals surface area contributed by atoms with Gasteiger partial charge in [0, 0.05) is 20.1 Å². The quantitative estimate of drug-likeness (QED) is 0.594. The summed E-state index contributed by atoms with van der Waals surface area (Å²) in [7, 11) is 1.50. The Balaban J connectivity index is 4.14. The van der Waals surface area contributed by atoms with Crippen molar-refractivity contribution in [2.75, 3.05) is 26.8 Å². The van der Waals surface area contributed by atoms with E-state index in [-0.39, 0.29) is 25.4 Å². The van der Waals surface area contributed by atoms with Crippen molar-refractivity contribution in [1.29, 1.82) is 0 Å². The number of methoxy groups -OCH3 is 1. The fourth-order valence-corrected chi connectivity index (χ4v) is 0.909. The second-order valence-corrected chi connectivity index (χ2v) is 2.69. The number of carbonyl (C=O) groups excluding carboxylic acids is 1. The van der Waals surface area contributed by atoms with Crippen LogP contribution in [0.25, 0.3) is 0 Å². The van der Waals surface area contributed by atoms with Crippen molar-refractivity contribution in [2.45, 2.75) is 6.42 Å². The molecule has 0 aliphatic rings. The molecular weight excluding hydrogens is 186 g/mol. The van der Waals surface area contributed by atoms with Crippen molar-refractivity contribution in [3.05, 3.63) is 12.7 Å². The number of rotatable bonds is 7. The van der Waals surface area contributed by atoms with E-state index in [0.717, 1.165) is 0 Å². The number of carboxylic acids is 1. The van der Waals surface area contributed by atoms with E-state index in [2.05, 4.69) is 6.58 Å². The highest BCUT2D eigenvalue weighted by molar-refractivity contribution is 5.82. The standard InChI is InChI=1S/C9H15NO4/c1-3-4-8(11)10(5-6-14-2)7-9(12)13/h3H,1,4-7H2,2H3,(H,12,13). The Morgan fingerprint density at radius 3 is 2.64 bits per heavy atom.